The van der Waals surface area contributed by atoms with Gasteiger partial charge in [-0.2, -0.15) is 5.10 Å². The zero-order valence-electron chi connectivity index (χ0n) is 22.7. The van der Waals surface area contributed by atoms with Gasteiger partial charge in [-0.15, -0.1) is 0 Å². The highest BCUT2D eigenvalue weighted by Gasteiger charge is 2.52. The fourth-order valence-electron chi connectivity index (χ4n) is 5.73. The van der Waals surface area contributed by atoms with Crippen molar-refractivity contribution in [3.8, 4) is 5.69 Å². The first-order valence-electron chi connectivity index (χ1n) is 13.9. The van der Waals surface area contributed by atoms with E-state index in [2.05, 4.69) is 21.5 Å². The minimum Gasteiger partial charge on any atom is -0.379 e. The third kappa shape index (κ3) is 4.39. The molecule has 0 radical (unpaired) electrons. The minimum absolute atomic E-state index is 0.00527. The topological polar surface area (TPSA) is 101 Å². The van der Waals surface area contributed by atoms with E-state index >= 15 is 0 Å². The third-order valence-electron chi connectivity index (χ3n) is 7.67. The number of rotatable bonds is 6. The van der Waals surface area contributed by atoms with Crippen molar-refractivity contribution in [2.45, 2.75) is 25.8 Å². The first kappa shape index (κ1) is 25.8. The zero-order valence-corrected chi connectivity index (χ0v) is 23.6. The molecule has 11 heteroatoms. The predicted molar refractivity (Wildman–Crippen MR) is 160 cm³/mol. The molecule has 2 aliphatic heterocycles. The van der Waals surface area contributed by atoms with Crippen LogP contribution in [0.25, 0.3) is 5.69 Å². The van der Waals surface area contributed by atoms with E-state index in [1.54, 1.807) is 12.1 Å². The summed E-state index contributed by atoms with van der Waals surface area (Å²) in [6, 6.07) is 27.2. The number of para-hydroxylation sites is 2. The maximum Gasteiger partial charge on any atom is 0.294 e. The van der Waals surface area contributed by atoms with Crippen LogP contribution in [0.3, 0.4) is 0 Å². The SMILES string of the molecule is Cc1nn(-c2ccccc2)c2c1P(=Nc1ccccc1[N+](=O)[O-])(N1CCOCC1)N(C1CC1)C(c1ccccc1)=N2. The Morgan fingerprint density at radius 3 is 2.29 bits per heavy atom. The van der Waals surface area contributed by atoms with Gasteiger partial charge in [0.2, 0.25) is 0 Å². The zero-order chi connectivity index (χ0) is 28.0. The molecule has 3 aromatic carbocycles. The summed E-state index contributed by atoms with van der Waals surface area (Å²) in [5, 5.41) is 18.2. The number of hydrogen-bond donors (Lipinski definition) is 0. The third-order valence-corrected chi connectivity index (χ3v) is 11.6. The lowest BCUT2D eigenvalue weighted by molar-refractivity contribution is -0.384. The quantitative estimate of drug-likeness (QED) is 0.162. The number of aryl methyl sites for hydroxylation is 1. The van der Waals surface area contributed by atoms with Gasteiger partial charge in [-0.25, -0.2) is 19.1 Å². The second-order valence-electron chi connectivity index (χ2n) is 10.4. The summed E-state index contributed by atoms with van der Waals surface area (Å²) in [6.07, 6.45) is 2.01. The predicted octanol–water partition coefficient (Wildman–Crippen LogP) is 5.97. The monoisotopic (exact) mass is 567 g/mol. The maximum atomic E-state index is 12.2. The number of morpholine rings is 1. The molecular weight excluding hydrogens is 537 g/mol. The van der Waals surface area contributed by atoms with Gasteiger partial charge in [0, 0.05) is 30.8 Å². The molecule has 4 aromatic rings. The van der Waals surface area contributed by atoms with Crippen LogP contribution in [-0.2, 0) is 4.74 Å². The number of amidine groups is 1. The van der Waals surface area contributed by atoms with Crippen LogP contribution >= 0.6 is 7.36 Å². The summed E-state index contributed by atoms with van der Waals surface area (Å²) >= 11 is 0. The molecule has 0 N–H and O–H groups in total. The van der Waals surface area contributed by atoms with Crippen LogP contribution in [-0.4, -0.2) is 62.2 Å². The molecule has 0 spiro atoms. The summed E-state index contributed by atoms with van der Waals surface area (Å²) in [5.74, 6) is 1.56. The van der Waals surface area contributed by atoms with Crippen molar-refractivity contribution in [3.05, 3.63) is 106 Å². The Morgan fingerprint density at radius 2 is 1.61 bits per heavy atom. The number of ether oxygens (including phenoxy) is 1. The van der Waals surface area contributed by atoms with E-state index in [0.717, 1.165) is 46.7 Å². The van der Waals surface area contributed by atoms with Gasteiger partial charge in [-0.3, -0.25) is 10.1 Å². The summed E-state index contributed by atoms with van der Waals surface area (Å²) < 4.78 is 18.1. The number of aromatic nitrogens is 2. The Hall–Kier alpha value is -4.11. The molecule has 7 rings (SSSR count). The lowest BCUT2D eigenvalue weighted by Gasteiger charge is -2.48. The van der Waals surface area contributed by atoms with Gasteiger partial charge in [0.25, 0.3) is 5.69 Å². The summed E-state index contributed by atoms with van der Waals surface area (Å²) in [7, 11) is -2.91. The molecule has 208 valence electrons. The number of nitrogens with zero attached hydrogens (tertiary/aromatic N) is 7. The molecule has 3 aliphatic rings. The normalized spacial score (nSPS) is 20.8. The molecule has 0 bridgehead atoms. The van der Waals surface area contributed by atoms with Gasteiger partial charge in [0.15, 0.2) is 13.2 Å². The molecule has 10 nitrogen and oxygen atoms in total. The summed E-state index contributed by atoms with van der Waals surface area (Å²) in [4.78, 5) is 17.3. The molecule has 1 aromatic heterocycles. The molecule has 3 heterocycles. The number of nitro groups is 1. The average Bonchev–Trinajstić information content (AvgIpc) is 3.80. The Bertz CT molecular complexity index is 1690. The van der Waals surface area contributed by atoms with E-state index < -0.39 is 7.36 Å². The summed E-state index contributed by atoms with van der Waals surface area (Å²) in [6.45, 7) is 4.44. The van der Waals surface area contributed by atoms with Crippen molar-refractivity contribution in [2.24, 2.45) is 9.74 Å². The number of hydrogen-bond acceptors (Lipinski definition) is 6. The largest absolute Gasteiger partial charge is 0.379 e. The van der Waals surface area contributed by atoms with Crippen LogP contribution in [0, 0.1) is 17.0 Å². The van der Waals surface area contributed by atoms with Gasteiger partial charge in [0.05, 0.1) is 34.8 Å². The molecule has 0 amide bonds. The van der Waals surface area contributed by atoms with Crippen molar-refractivity contribution >= 4 is 35.7 Å². The van der Waals surface area contributed by atoms with Crippen molar-refractivity contribution in [3.63, 3.8) is 0 Å². The highest BCUT2D eigenvalue weighted by molar-refractivity contribution is 7.70. The Morgan fingerprint density at radius 1 is 0.951 bits per heavy atom. The van der Waals surface area contributed by atoms with Crippen molar-refractivity contribution in [1.82, 2.24) is 19.1 Å². The second-order valence-corrected chi connectivity index (χ2v) is 13.1. The molecule has 1 unspecified atom stereocenters. The molecule has 1 saturated heterocycles. The van der Waals surface area contributed by atoms with Crippen LogP contribution in [0.1, 0.15) is 24.1 Å². The molecule has 2 fully saturated rings. The molecule has 41 heavy (non-hydrogen) atoms. The molecule has 1 aliphatic carbocycles. The Balaban J connectivity index is 1.62. The lowest BCUT2D eigenvalue weighted by Crippen LogP contribution is -2.47. The molecular formula is C30H30N7O3P. The van der Waals surface area contributed by atoms with Crippen molar-refractivity contribution in [1.29, 1.82) is 0 Å². The van der Waals surface area contributed by atoms with Gasteiger partial charge >= 0.3 is 0 Å². The number of aliphatic imine (C=N–C) groups is 1. The van der Waals surface area contributed by atoms with Crippen LogP contribution in [0.2, 0.25) is 0 Å². The van der Waals surface area contributed by atoms with Gasteiger partial charge in [-0.05, 0) is 38.0 Å². The van der Waals surface area contributed by atoms with E-state index in [1.165, 1.54) is 6.07 Å². The van der Waals surface area contributed by atoms with Crippen molar-refractivity contribution in [2.75, 3.05) is 26.3 Å². The van der Waals surface area contributed by atoms with E-state index in [0.29, 0.717) is 32.0 Å². The maximum absolute atomic E-state index is 12.2. The number of fused-ring (bicyclic) bond motifs is 1. The van der Waals surface area contributed by atoms with Gasteiger partial charge < -0.3 is 9.41 Å². The van der Waals surface area contributed by atoms with Crippen LogP contribution < -0.4 is 5.30 Å². The summed E-state index contributed by atoms with van der Waals surface area (Å²) in [5.41, 5.74) is 3.08. The van der Waals surface area contributed by atoms with Crippen LogP contribution in [0.4, 0.5) is 17.2 Å². The first-order valence-corrected chi connectivity index (χ1v) is 15.5. The smallest absolute Gasteiger partial charge is 0.294 e. The van der Waals surface area contributed by atoms with Gasteiger partial charge in [-0.1, -0.05) is 60.7 Å². The number of benzene rings is 3. The highest BCUT2D eigenvalue weighted by Crippen LogP contribution is 2.66. The van der Waals surface area contributed by atoms with Gasteiger partial charge in [0.1, 0.15) is 11.5 Å². The van der Waals surface area contributed by atoms with E-state index in [-0.39, 0.29) is 16.7 Å². The minimum atomic E-state index is -2.91. The van der Waals surface area contributed by atoms with Crippen LogP contribution in [0.5, 0.6) is 0 Å². The lowest BCUT2D eigenvalue weighted by atomic mass is 10.2. The Labute approximate surface area is 238 Å². The fourth-order valence-corrected chi connectivity index (χ4v) is 10.0. The molecule has 1 atom stereocenters. The first-order chi connectivity index (χ1) is 20.1. The standard InChI is InChI=1S/C30H30N7O3P/c1-22-28-30(35(32-22)24-12-6-3-7-13-24)31-29(23-10-4-2-5-11-23)36(25-16-17-25)41(28,34-18-20-40-21-19-34)33-26-14-8-9-15-27(26)37(38)39/h2-15,25H,16-21H2,1H3. The van der Waals surface area contributed by atoms with E-state index in [9.17, 15) is 10.1 Å². The van der Waals surface area contributed by atoms with Crippen LogP contribution in [0.15, 0.2) is 94.7 Å². The number of nitro benzene ring substituents is 1. The second kappa shape index (κ2) is 10.4. The highest BCUT2D eigenvalue weighted by atomic mass is 31.2. The van der Waals surface area contributed by atoms with E-state index in [4.69, 9.17) is 19.6 Å². The van der Waals surface area contributed by atoms with E-state index in [1.807, 2.05) is 66.2 Å². The average molecular weight is 568 g/mol. The fraction of sp³-hybridized carbons (Fsp3) is 0.267. The molecule has 1 saturated carbocycles. The Kier molecular flexibility index (Phi) is 6.54. The van der Waals surface area contributed by atoms with Crippen molar-refractivity contribution < 1.29 is 9.66 Å².